The largest absolute Gasteiger partial charge is 0.477 e. The van der Waals surface area contributed by atoms with Gasteiger partial charge in [-0.05, 0) is 30.6 Å². The van der Waals surface area contributed by atoms with Crippen LogP contribution in [-0.2, 0) is 0 Å². The van der Waals surface area contributed by atoms with Gasteiger partial charge in [0.15, 0.2) is 11.6 Å². The number of benzene rings is 1. The van der Waals surface area contributed by atoms with Gasteiger partial charge in [-0.1, -0.05) is 6.92 Å². The first kappa shape index (κ1) is 18.4. The molecule has 3 unspecified atom stereocenters. The van der Waals surface area contributed by atoms with Crippen molar-refractivity contribution in [2.45, 2.75) is 38.3 Å². The van der Waals surface area contributed by atoms with Crippen LogP contribution < -0.4 is 21.8 Å². The van der Waals surface area contributed by atoms with Crippen molar-refractivity contribution < 1.29 is 18.7 Å². The van der Waals surface area contributed by atoms with Crippen LogP contribution in [0, 0.1) is 23.0 Å². The number of hydrogen-bond acceptors (Lipinski definition) is 5. The number of carboxylic acid groups (broad SMARTS) is 1. The summed E-state index contributed by atoms with van der Waals surface area (Å²) in [6, 6.07) is -0.138. The molecule has 5 rings (SSSR count). The Kier molecular flexibility index (Phi) is 3.60. The predicted octanol–water partition coefficient (Wildman–Crippen LogP) is 2.07. The van der Waals surface area contributed by atoms with Crippen LogP contribution >= 0.6 is 0 Å². The molecule has 1 aliphatic heterocycles. The SMILES string of the molecule is CC12CC(N)C1CN(c1c(F)c(N)c3c(=O)c(C(=O)O)cn(C4CC4)c3c1F)C2. The monoisotopic (exact) mass is 404 g/mol. The molecule has 29 heavy (non-hydrogen) atoms. The summed E-state index contributed by atoms with van der Waals surface area (Å²) in [5, 5.41) is 8.96. The topological polar surface area (TPSA) is 115 Å². The Morgan fingerprint density at radius 3 is 2.55 bits per heavy atom. The lowest BCUT2D eigenvalue weighted by Gasteiger charge is -2.46. The van der Waals surface area contributed by atoms with E-state index in [2.05, 4.69) is 6.92 Å². The minimum Gasteiger partial charge on any atom is -0.477 e. The van der Waals surface area contributed by atoms with Crippen molar-refractivity contribution in [2.24, 2.45) is 17.1 Å². The summed E-state index contributed by atoms with van der Waals surface area (Å²) in [4.78, 5) is 25.8. The Labute approximate surface area is 164 Å². The molecule has 2 aromatic rings. The minimum atomic E-state index is -1.45. The second kappa shape index (κ2) is 5.69. The van der Waals surface area contributed by atoms with E-state index < -0.39 is 39.7 Å². The molecule has 2 aliphatic carbocycles. The zero-order valence-corrected chi connectivity index (χ0v) is 15.9. The molecular weight excluding hydrogens is 382 g/mol. The molecule has 154 valence electrons. The summed E-state index contributed by atoms with van der Waals surface area (Å²) in [5.41, 5.74) is 9.54. The number of nitrogens with two attached hydrogens (primary N) is 2. The number of rotatable bonds is 3. The van der Waals surface area contributed by atoms with Crippen molar-refractivity contribution in [1.82, 2.24) is 4.57 Å². The lowest BCUT2D eigenvalue weighted by atomic mass is 9.60. The average molecular weight is 404 g/mol. The van der Waals surface area contributed by atoms with Crippen molar-refractivity contribution >= 4 is 28.2 Å². The first-order valence-electron chi connectivity index (χ1n) is 9.73. The molecule has 2 heterocycles. The van der Waals surface area contributed by atoms with Gasteiger partial charge in [-0.25, -0.2) is 13.6 Å². The minimum absolute atomic E-state index is 0.00306. The molecule has 3 fully saturated rings. The van der Waals surface area contributed by atoms with Gasteiger partial charge >= 0.3 is 5.97 Å². The number of aromatic nitrogens is 1. The Bertz CT molecular complexity index is 1140. The third-order valence-electron chi connectivity index (χ3n) is 6.93. The third kappa shape index (κ3) is 2.36. The van der Waals surface area contributed by atoms with Crippen molar-refractivity contribution in [2.75, 3.05) is 23.7 Å². The van der Waals surface area contributed by atoms with Crippen LogP contribution in [0.25, 0.3) is 10.9 Å². The highest BCUT2D eigenvalue weighted by Crippen LogP contribution is 2.53. The summed E-state index contributed by atoms with van der Waals surface area (Å²) in [7, 11) is 0. The van der Waals surface area contributed by atoms with Crippen LogP contribution in [0.5, 0.6) is 0 Å². The van der Waals surface area contributed by atoms with Gasteiger partial charge < -0.3 is 26.0 Å². The Morgan fingerprint density at radius 2 is 2.00 bits per heavy atom. The molecule has 2 saturated carbocycles. The molecule has 9 heteroatoms. The number of hydrogen-bond donors (Lipinski definition) is 3. The summed E-state index contributed by atoms with van der Waals surface area (Å²) in [6.45, 7) is 2.92. The lowest BCUT2D eigenvalue weighted by Crippen LogP contribution is -2.53. The van der Waals surface area contributed by atoms with Gasteiger partial charge in [-0.3, -0.25) is 4.79 Å². The van der Waals surface area contributed by atoms with Crippen LogP contribution in [-0.4, -0.2) is 34.8 Å². The number of aromatic carboxylic acids is 1. The molecule has 0 bridgehead atoms. The Balaban J connectivity index is 1.78. The maximum absolute atomic E-state index is 15.7. The molecular formula is C20H22F2N4O3. The normalized spacial score (nSPS) is 28.5. The van der Waals surface area contributed by atoms with Crippen molar-refractivity contribution in [3.63, 3.8) is 0 Å². The molecule has 1 saturated heterocycles. The van der Waals surface area contributed by atoms with Gasteiger partial charge in [-0.2, -0.15) is 0 Å². The zero-order chi connectivity index (χ0) is 20.8. The standard InChI is InChI=1S/C20H22F2N4O3/c1-20-4-11(23)10(20)6-25(7-20)17-13(21)15(24)12-16(14(17)22)26(8-2-3-8)5-9(18(12)27)19(28)29/h5,8,10-11H,2-4,6-7,23-24H2,1H3,(H,28,29). The van der Waals surface area contributed by atoms with Gasteiger partial charge in [0.1, 0.15) is 11.3 Å². The first-order valence-corrected chi connectivity index (χ1v) is 9.73. The number of carbonyl (C=O) groups is 1. The number of nitrogens with zero attached hydrogens (tertiary/aromatic N) is 2. The highest BCUT2D eigenvalue weighted by molar-refractivity contribution is 5.99. The molecule has 0 amide bonds. The maximum Gasteiger partial charge on any atom is 0.341 e. The van der Waals surface area contributed by atoms with Crippen molar-refractivity contribution in [1.29, 1.82) is 0 Å². The van der Waals surface area contributed by atoms with Gasteiger partial charge in [-0.15, -0.1) is 0 Å². The fraction of sp³-hybridized carbons (Fsp3) is 0.500. The van der Waals surface area contributed by atoms with E-state index in [0.29, 0.717) is 13.1 Å². The summed E-state index contributed by atoms with van der Waals surface area (Å²) in [6.07, 6.45) is 3.39. The Morgan fingerprint density at radius 1 is 1.31 bits per heavy atom. The van der Waals surface area contributed by atoms with E-state index in [1.807, 2.05) is 0 Å². The maximum atomic E-state index is 15.7. The average Bonchev–Trinajstić information content (AvgIpc) is 3.44. The number of halogens is 2. The third-order valence-corrected chi connectivity index (χ3v) is 6.93. The number of fused-ring (bicyclic) bond motifs is 2. The van der Waals surface area contributed by atoms with Crippen LogP contribution in [0.3, 0.4) is 0 Å². The van der Waals surface area contributed by atoms with Crippen LogP contribution in [0.15, 0.2) is 11.0 Å². The van der Waals surface area contributed by atoms with E-state index in [9.17, 15) is 14.7 Å². The fourth-order valence-electron chi connectivity index (χ4n) is 5.26. The number of pyridine rings is 1. The molecule has 3 atom stereocenters. The van der Waals surface area contributed by atoms with Gasteiger partial charge in [0.2, 0.25) is 5.43 Å². The van der Waals surface area contributed by atoms with Gasteiger partial charge in [0, 0.05) is 31.4 Å². The first-order chi connectivity index (χ1) is 13.6. The quantitative estimate of drug-likeness (QED) is 0.675. The highest BCUT2D eigenvalue weighted by atomic mass is 19.1. The van der Waals surface area contributed by atoms with E-state index in [-0.39, 0.29) is 34.6 Å². The van der Waals surface area contributed by atoms with Gasteiger partial charge in [0.05, 0.1) is 16.6 Å². The lowest BCUT2D eigenvalue weighted by molar-refractivity contribution is 0.0694. The molecule has 1 aromatic carbocycles. The van der Waals surface area contributed by atoms with E-state index in [1.165, 1.54) is 4.57 Å². The summed E-state index contributed by atoms with van der Waals surface area (Å²) in [5.74, 6) is -3.20. The van der Waals surface area contributed by atoms with E-state index in [4.69, 9.17) is 11.5 Å². The molecule has 3 aliphatic rings. The molecule has 0 spiro atoms. The predicted molar refractivity (Wildman–Crippen MR) is 104 cm³/mol. The molecule has 0 radical (unpaired) electrons. The van der Waals surface area contributed by atoms with Crippen LogP contribution in [0.4, 0.5) is 20.2 Å². The number of nitrogen functional groups attached to an aromatic ring is 1. The smallest absolute Gasteiger partial charge is 0.341 e. The van der Waals surface area contributed by atoms with E-state index in [1.54, 1.807) is 4.90 Å². The zero-order valence-electron chi connectivity index (χ0n) is 15.9. The number of carboxylic acids is 1. The van der Waals surface area contributed by atoms with Crippen molar-refractivity contribution in [3.8, 4) is 0 Å². The Hall–Kier alpha value is -2.68. The second-order valence-electron chi connectivity index (χ2n) is 8.94. The van der Waals surface area contributed by atoms with Crippen molar-refractivity contribution in [3.05, 3.63) is 33.6 Å². The van der Waals surface area contributed by atoms with Gasteiger partial charge in [0.25, 0.3) is 0 Å². The molecule has 7 nitrogen and oxygen atoms in total. The van der Waals surface area contributed by atoms with Crippen LogP contribution in [0.1, 0.15) is 42.6 Å². The highest BCUT2D eigenvalue weighted by Gasteiger charge is 2.55. The van der Waals surface area contributed by atoms with Crippen LogP contribution in [0.2, 0.25) is 0 Å². The molecule has 1 aromatic heterocycles. The fourth-order valence-corrected chi connectivity index (χ4v) is 5.26. The number of anilines is 2. The van der Waals surface area contributed by atoms with E-state index in [0.717, 1.165) is 25.5 Å². The second-order valence-corrected chi connectivity index (χ2v) is 8.94. The van der Waals surface area contributed by atoms with E-state index >= 15 is 8.78 Å². The summed E-state index contributed by atoms with van der Waals surface area (Å²) < 4.78 is 32.5. The summed E-state index contributed by atoms with van der Waals surface area (Å²) >= 11 is 0. The molecule has 5 N–H and O–H groups in total.